The number of ether oxygens (including phenoxy) is 1. The normalized spacial score (nSPS) is 9.14. The fourth-order valence-corrected chi connectivity index (χ4v) is 1.39. The van der Waals surface area contributed by atoms with E-state index in [1.807, 2.05) is 0 Å². The van der Waals surface area contributed by atoms with E-state index in [9.17, 15) is 4.79 Å². The van der Waals surface area contributed by atoms with Gasteiger partial charge in [-0.25, -0.2) is 9.78 Å². The molecule has 3 N–H and O–H groups in total. The van der Waals surface area contributed by atoms with E-state index in [1.54, 1.807) is 13.0 Å². The second kappa shape index (κ2) is 4.43. The Morgan fingerprint density at radius 2 is 2.57 bits per heavy atom. The number of aromatic nitrogens is 1. The zero-order valence-electron chi connectivity index (χ0n) is 7.40. The fraction of sp³-hybridized carbons (Fsp3) is 0.286. The van der Waals surface area contributed by atoms with E-state index in [0.29, 0.717) is 0 Å². The molecule has 0 saturated heterocycles. The Labute approximate surface area is 84.3 Å². The summed E-state index contributed by atoms with van der Waals surface area (Å²) in [6.45, 7) is 1.97. The predicted octanol–water partition coefficient (Wildman–Crippen LogP) is 1.17. The van der Waals surface area contributed by atoms with Gasteiger partial charge in [0.05, 0.1) is 6.61 Å². The quantitative estimate of drug-likeness (QED) is 0.766. The van der Waals surface area contributed by atoms with Gasteiger partial charge in [0, 0.05) is 0 Å². The van der Waals surface area contributed by atoms with E-state index in [2.05, 4.69) is 15.0 Å². The molecule has 0 fully saturated rings. The van der Waals surface area contributed by atoms with E-state index in [4.69, 9.17) is 11.0 Å². The third kappa shape index (κ3) is 2.34. The molecule has 1 aromatic rings. The highest BCUT2D eigenvalue weighted by Crippen LogP contribution is 2.24. The highest BCUT2D eigenvalue weighted by atomic mass is 32.1. The van der Waals surface area contributed by atoms with Gasteiger partial charge < -0.3 is 10.5 Å². The summed E-state index contributed by atoms with van der Waals surface area (Å²) in [4.78, 5) is 14.7. The minimum Gasteiger partial charge on any atom is -0.450 e. The monoisotopic (exact) mass is 212 g/mol. The minimum atomic E-state index is -0.606. The van der Waals surface area contributed by atoms with Crippen LogP contribution >= 0.6 is 11.3 Å². The second-order valence-corrected chi connectivity index (χ2v) is 3.22. The number of nitrogens with zero attached hydrogens (tertiary/aromatic N) is 2. The number of carbonyl (C=O) groups is 1. The van der Waals surface area contributed by atoms with Crippen LogP contribution in [0.5, 0.6) is 0 Å². The van der Waals surface area contributed by atoms with Gasteiger partial charge in [0.2, 0.25) is 0 Å². The van der Waals surface area contributed by atoms with E-state index in [0.717, 1.165) is 11.3 Å². The van der Waals surface area contributed by atoms with Crippen molar-refractivity contribution in [3.8, 4) is 6.07 Å². The van der Waals surface area contributed by atoms with Crippen LogP contribution in [0.25, 0.3) is 0 Å². The first-order valence-electron chi connectivity index (χ1n) is 3.77. The second-order valence-electron chi connectivity index (χ2n) is 2.19. The van der Waals surface area contributed by atoms with Gasteiger partial charge in [0.25, 0.3) is 0 Å². The Hall–Kier alpha value is -1.81. The summed E-state index contributed by atoms with van der Waals surface area (Å²) in [5, 5.41) is 11.4. The van der Waals surface area contributed by atoms with Gasteiger partial charge >= 0.3 is 6.09 Å². The molecule has 0 radical (unpaired) electrons. The third-order valence-electron chi connectivity index (χ3n) is 1.24. The molecule has 6 nitrogen and oxygen atoms in total. The zero-order valence-corrected chi connectivity index (χ0v) is 8.22. The molecule has 1 aromatic heterocycles. The molecule has 0 bridgehead atoms. The maximum atomic E-state index is 10.9. The first kappa shape index (κ1) is 10.3. The number of amides is 1. The summed E-state index contributed by atoms with van der Waals surface area (Å²) in [5.74, 6) is 0. The van der Waals surface area contributed by atoms with Gasteiger partial charge in [-0.1, -0.05) is 11.3 Å². The van der Waals surface area contributed by atoms with Crippen LogP contribution in [0.15, 0.2) is 0 Å². The van der Waals surface area contributed by atoms with Gasteiger partial charge in [0.1, 0.15) is 11.1 Å². The lowest BCUT2D eigenvalue weighted by molar-refractivity contribution is 0.168. The average molecular weight is 212 g/mol. The largest absolute Gasteiger partial charge is 0.450 e. The molecular formula is C7H8N4O2S. The molecule has 1 amide bonds. The number of nitrogens with two attached hydrogens (primary N) is 1. The maximum absolute atomic E-state index is 10.9. The van der Waals surface area contributed by atoms with Crippen LogP contribution in [0, 0.1) is 11.3 Å². The Bertz CT molecular complexity index is 382. The molecule has 7 heteroatoms. The highest BCUT2D eigenvalue weighted by molar-refractivity contribution is 7.19. The molecule has 0 aliphatic heterocycles. The number of nitriles is 1. The van der Waals surface area contributed by atoms with Gasteiger partial charge in [-0.3, -0.25) is 5.32 Å². The summed E-state index contributed by atoms with van der Waals surface area (Å²) < 4.78 is 4.62. The minimum absolute atomic E-state index is 0.113. The Morgan fingerprint density at radius 1 is 1.86 bits per heavy atom. The van der Waals surface area contributed by atoms with Crippen molar-refractivity contribution < 1.29 is 9.53 Å². The van der Waals surface area contributed by atoms with Crippen LogP contribution in [0.1, 0.15) is 12.6 Å². The summed E-state index contributed by atoms with van der Waals surface area (Å²) >= 11 is 1.03. The van der Waals surface area contributed by atoms with Crippen molar-refractivity contribution in [3.05, 3.63) is 5.69 Å². The summed E-state index contributed by atoms with van der Waals surface area (Å²) in [5.41, 5.74) is 5.56. The maximum Gasteiger partial charge on any atom is 0.413 e. The van der Waals surface area contributed by atoms with Crippen LogP contribution in [0.4, 0.5) is 14.9 Å². The van der Waals surface area contributed by atoms with Crippen molar-refractivity contribution in [2.45, 2.75) is 6.92 Å². The molecule has 0 atom stereocenters. The smallest absolute Gasteiger partial charge is 0.413 e. The standard InChI is InChI=1S/C7H8N4O2S/c1-2-13-7(12)11-6-10-4(3-8)5(9)14-6/h2,9H2,1H3,(H,10,11,12). The lowest BCUT2D eigenvalue weighted by Crippen LogP contribution is -2.12. The molecule has 14 heavy (non-hydrogen) atoms. The van der Waals surface area contributed by atoms with Crippen molar-refractivity contribution in [1.29, 1.82) is 5.26 Å². The first-order chi connectivity index (χ1) is 6.67. The number of thiazole rings is 1. The average Bonchev–Trinajstić information content (AvgIpc) is 2.46. The summed E-state index contributed by atoms with van der Waals surface area (Å²) in [6.07, 6.45) is -0.606. The zero-order chi connectivity index (χ0) is 10.6. The lowest BCUT2D eigenvalue weighted by atomic mass is 10.5. The van der Waals surface area contributed by atoms with Crippen LogP contribution in [0.2, 0.25) is 0 Å². The number of carbonyl (C=O) groups excluding carboxylic acids is 1. The molecule has 74 valence electrons. The topological polar surface area (TPSA) is 101 Å². The van der Waals surface area contributed by atoms with E-state index < -0.39 is 6.09 Å². The van der Waals surface area contributed by atoms with Crippen LogP contribution in [-0.2, 0) is 4.74 Å². The van der Waals surface area contributed by atoms with E-state index >= 15 is 0 Å². The number of nitrogens with one attached hydrogen (secondary N) is 1. The molecule has 0 saturated carbocycles. The third-order valence-corrected chi connectivity index (χ3v) is 2.04. The number of nitrogen functional groups attached to an aromatic ring is 1. The number of hydrogen-bond acceptors (Lipinski definition) is 6. The summed E-state index contributed by atoms with van der Waals surface area (Å²) in [7, 11) is 0. The first-order valence-corrected chi connectivity index (χ1v) is 4.59. The Morgan fingerprint density at radius 3 is 3.07 bits per heavy atom. The predicted molar refractivity (Wildman–Crippen MR) is 51.9 cm³/mol. The molecule has 0 spiro atoms. The van der Waals surface area contributed by atoms with Crippen molar-refractivity contribution in [2.24, 2.45) is 0 Å². The molecule has 0 unspecified atom stereocenters. The van der Waals surface area contributed by atoms with Crippen molar-refractivity contribution >= 4 is 27.6 Å². The van der Waals surface area contributed by atoms with Crippen molar-refractivity contribution in [1.82, 2.24) is 4.98 Å². The van der Waals surface area contributed by atoms with Gasteiger partial charge in [-0.15, -0.1) is 0 Å². The Kier molecular flexibility index (Phi) is 3.25. The van der Waals surface area contributed by atoms with Gasteiger partial charge in [-0.05, 0) is 6.92 Å². The van der Waals surface area contributed by atoms with E-state index in [-0.39, 0.29) is 22.4 Å². The molecule has 1 rings (SSSR count). The molecular weight excluding hydrogens is 204 g/mol. The highest BCUT2D eigenvalue weighted by Gasteiger charge is 2.10. The number of hydrogen-bond donors (Lipinski definition) is 2. The molecule has 0 aliphatic carbocycles. The number of anilines is 2. The van der Waals surface area contributed by atoms with Crippen LogP contribution in [0.3, 0.4) is 0 Å². The lowest BCUT2D eigenvalue weighted by Gasteiger charge is -1.99. The number of rotatable bonds is 2. The molecule has 0 aromatic carbocycles. The van der Waals surface area contributed by atoms with Gasteiger partial charge in [-0.2, -0.15) is 5.26 Å². The molecule has 0 aliphatic rings. The van der Waals surface area contributed by atoms with Crippen LogP contribution < -0.4 is 11.1 Å². The van der Waals surface area contributed by atoms with Crippen LogP contribution in [-0.4, -0.2) is 17.7 Å². The fourth-order valence-electron chi connectivity index (χ4n) is 0.720. The Balaban J connectivity index is 2.69. The summed E-state index contributed by atoms with van der Waals surface area (Å²) in [6, 6.07) is 1.80. The molecule has 1 heterocycles. The SMILES string of the molecule is CCOC(=O)Nc1nc(C#N)c(N)s1. The van der Waals surface area contributed by atoms with Crippen molar-refractivity contribution in [2.75, 3.05) is 17.7 Å². The van der Waals surface area contributed by atoms with Gasteiger partial charge in [0.15, 0.2) is 10.8 Å². The van der Waals surface area contributed by atoms with E-state index in [1.165, 1.54) is 0 Å². The van der Waals surface area contributed by atoms with Crippen molar-refractivity contribution in [3.63, 3.8) is 0 Å².